The number of benzene rings is 1. The molecule has 1 N–H and O–H groups in total. The SMILES string of the molecule is CC/C(=C/c1cc(F)cc(C(F)(F)F)c1)CNCCOC. The van der Waals surface area contributed by atoms with Crippen molar-refractivity contribution in [1.29, 1.82) is 0 Å². The molecule has 21 heavy (non-hydrogen) atoms. The molecule has 0 fully saturated rings. The van der Waals surface area contributed by atoms with Gasteiger partial charge in [-0.3, -0.25) is 0 Å². The van der Waals surface area contributed by atoms with Crippen molar-refractivity contribution in [2.75, 3.05) is 26.8 Å². The molecule has 118 valence electrons. The Bertz CT molecular complexity index is 483. The van der Waals surface area contributed by atoms with Gasteiger partial charge in [-0.15, -0.1) is 0 Å². The quantitative estimate of drug-likeness (QED) is 0.610. The fraction of sp³-hybridized carbons (Fsp3) is 0.467. The lowest BCUT2D eigenvalue weighted by Crippen LogP contribution is -2.21. The number of ether oxygens (including phenoxy) is 1. The normalized spacial score (nSPS) is 12.8. The minimum Gasteiger partial charge on any atom is -0.383 e. The summed E-state index contributed by atoms with van der Waals surface area (Å²) < 4.78 is 56.1. The van der Waals surface area contributed by atoms with E-state index in [1.54, 1.807) is 13.2 Å². The van der Waals surface area contributed by atoms with E-state index < -0.39 is 17.6 Å². The molecule has 0 aliphatic carbocycles. The molecule has 1 aromatic rings. The Morgan fingerprint density at radius 3 is 2.57 bits per heavy atom. The zero-order chi connectivity index (χ0) is 15.9. The Labute approximate surface area is 121 Å². The highest BCUT2D eigenvalue weighted by atomic mass is 19.4. The fourth-order valence-corrected chi connectivity index (χ4v) is 1.80. The topological polar surface area (TPSA) is 21.3 Å². The van der Waals surface area contributed by atoms with Crippen LogP contribution in [0.4, 0.5) is 17.6 Å². The monoisotopic (exact) mass is 305 g/mol. The summed E-state index contributed by atoms with van der Waals surface area (Å²) in [5.74, 6) is -0.890. The van der Waals surface area contributed by atoms with Crippen LogP contribution in [-0.4, -0.2) is 26.8 Å². The van der Waals surface area contributed by atoms with E-state index >= 15 is 0 Å². The molecule has 0 heterocycles. The number of rotatable bonds is 7. The fourth-order valence-electron chi connectivity index (χ4n) is 1.80. The first-order chi connectivity index (χ1) is 9.86. The molecule has 6 heteroatoms. The predicted molar refractivity (Wildman–Crippen MR) is 74.4 cm³/mol. The molecule has 0 aromatic heterocycles. The number of hydrogen-bond donors (Lipinski definition) is 1. The van der Waals surface area contributed by atoms with Gasteiger partial charge in [-0.25, -0.2) is 4.39 Å². The third kappa shape index (κ3) is 6.27. The zero-order valence-corrected chi connectivity index (χ0v) is 12.1. The van der Waals surface area contributed by atoms with E-state index in [0.717, 1.165) is 17.7 Å². The Kier molecular flexibility index (Phi) is 6.84. The van der Waals surface area contributed by atoms with Gasteiger partial charge in [0.25, 0.3) is 0 Å². The van der Waals surface area contributed by atoms with Gasteiger partial charge < -0.3 is 10.1 Å². The van der Waals surface area contributed by atoms with Crippen molar-refractivity contribution in [1.82, 2.24) is 5.32 Å². The van der Waals surface area contributed by atoms with Gasteiger partial charge in [0, 0.05) is 20.2 Å². The highest BCUT2D eigenvalue weighted by molar-refractivity contribution is 5.54. The van der Waals surface area contributed by atoms with Gasteiger partial charge in [0.15, 0.2) is 0 Å². The summed E-state index contributed by atoms with van der Waals surface area (Å²) >= 11 is 0. The molecule has 0 radical (unpaired) electrons. The van der Waals surface area contributed by atoms with Gasteiger partial charge in [0.1, 0.15) is 5.82 Å². The summed E-state index contributed by atoms with van der Waals surface area (Å²) in [7, 11) is 1.59. The van der Waals surface area contributed by atoms with E-state index in [1.807, 2.05) is 6.92 Å². The molecular formula is C15H19F4NO. The number of alkyl halides is 3. The summed E-state index contributed by atoms with van der Waals surface area (Å²) in [6.45, 7) is 3.62. The average Bonchev–Trinajstić information content (AvgIpc) is 2.40. The summed E-state index contributed by atoms with van der Waals surface area (Å²) in [5.41, 5.74) is 0.133. The summed E-state index contributed by atoms with van der Waals surface area (Å²) in [5, 5.41) is 3.11. The molecule has 1 rings (SSSR count). The second-order valence-electron chi connectivity index (χ2n) is 4.60. The van der Waals surface area contributed by atoms with Crippen LogP contribution in [0.2, 0.25) is 0 Å². The lowest BCUT2D eigenvalue weighted by atomic mass is 10.1. The van der Waals surface area contributed by atoms with E-state index in [1.165, 1.54) is 0 Å². The van der Waals surface area contributed by atoms with Gasteiger partial charge in [-0.2, -0.15) is 13.2 Å². The molecule has 0 aliphatic rings. The van der Waals surface area contributed by atoms with E-state index in [2.05, 4.69) is 5.32 Å². The third-order valence-corrected chi connectivity index (χ3v) is 2.91. The van der Waals surface area contributed by atoms with Gasteiger partial charge in [0.2, 0.25) is 0 Å². The molecule has 0 amide bonds. The summed E-state index contributed by atoms with van der Waals surface area (Å²) in [6, 6.07) is 2.55. The smallest absolute Gasteiger partial charge is 0.383 e. The number of hydrogen-bond acceptors (Lipinski definition) is 2. The summed E-state index contributed by atoms with van der Waals surface area (Å²) in [6.07, 6.45) is -2.30. The third-order valence-electron chi connectivity index (χ3n) is 2.91. The van der Waals surface area contributed by atoms with Crippen molar-refractivity contribution >= 4 is 6.08 Å². The largest absolute Gasteiger partial charge is 0.416 e. The first-order valence-corrected chi connectivity index (χ1v) is 6.63. The molecule has 0 atom stereocenters. The van der Waals surface area contributed by atoms with E-state index in [0.29, 0.717) is 32.2 Å². The molecule has 0 saturated carbocycles. The minimum absolute atomic E-state index is 0.215. The number of halogens is 4. The maximum absolute atomic E-state index is 13.3. The molecule has 0 aliphatic heterocycles. The van der Waals surface area contributed by atoms with Gasteiger partial charge in [-0.1, -0.05) is 18.6 Å². The molecule has 1 aromatic carbocycles. The van der Waals surface area contributed by atoms with Gasteiger partial charge in [-0.05, 0) is 30.2 Å². The molecule has 0 unspecified atom stereocenters. The summed E-state index contributed by atoms with van der Waals surface area (Å²) in [4.78, 5) is 0. The van der Waals surface area contributed by atoms with Crippen molar-refractivity contribution in [3.63, 3.8) is 0 Å². The van der Waals surface area contributed by atoms with Crippen molar-refractivity contribution in [2.45, 2.75) is 19.5 Å². The Morgan fingerprint density at radius 2 is 2.00 bits per heavy atom. The minimum atomic E-state index is -4.55. The van der Waals surface area contributed by atoms with Crippen LogP contribution >= 0.6 is 0 Å². The molecular weight excluding hydrogens is 286 g/mol. The van der Waals surface area contributed by atoms with Crippen LogP contribution in [0.5, 0.6) is 0 Å². The lowest BCUT2D eigenvalue weighted by molar-refractivity contribution is -0.137. The lowest BCUT2D eigenvalue weighted by Gasteiger charge is -2.10. The molecule has 0 spiro atoms. The van der Waals surface area contributed by atoms with Crippen LogP contribution < -0.4 is 5.32 Å². The first kappa shape index (κ1) is 17.7. The van der Waals surface area contributed by atoms with Crippen LogP contribution in [0.15, 0.2) is 23.8 Å². The maximum Gasteiger partial charge on any atom is 0.416 e. The van der Waals surface area contributed by atoms with Crippen LogP contribution in [0.3, 0.4) is 0 Å². The van der Waals surface area contributed by atoms with Crippen molar-refractivity contribution < 1.29 is 22.3 Å². The van der Waals surface area contributed by atoms with Gasteiger partial charge >= 0.3 is 6.18 Å². The van der Waals surface area contributed by atoms with E-state index in [-0.39, 0.29) is 5.56 Å². The second-order valence-corrected chi connectivity index (χ2v) is 4.60. The number of nitrogens with one attached hydrogen (secondary N) is 1. The van der Waals surface area contributed by atoms with E-state index in [4.69, 9.17) is 4.74 Å². The van der Waals surface area contributed by atoms with Crippen molar-refractivity contribution in [3.05, 3.63) is 40.7 Å². The second kappa shape index (κ2) is 8.14. The standard InChI is InChI=1S/C15H19F4NO/c1-3-11(10-20-4-5-21-2)6-12-7-13(15(17,18)19)9-14(16)8-12/h6-9,20H,3-5,10H2,1-2H3/b11-6-. The first-order valence-electron chi connectivity index (χ1n) is 6.63. The molecule has 0 bridgehead atoms. The van der Waals surface area contributed by atoms with E-state index in [9.17, 15) is 17.6 Å². The van der Waals surface area contributed by atoms with Crippen LogP contribution in [0, 0.1) is 5.82 Å². The molecule has 0 saturated heterocycles. The Balaban J connectivity index is 2.87. The molecule has 2 nitrogen and oxygen atoms in total. The predicted octanol–water partition coefficient (Wildman–Crippen LogP) is 3.87. The number of methoxy groups -OCH3 is 1. The van der Waals surface area contributed by atoms with Crippen molar-refractivity contribution in [3.8, 4) is 0 Å². The van der Waals surface area contributed by atoms with Crippen LogP contribution in [-0.2, 0) is 10.9 Å². The van der Waals surface area contributed by atoms with Crippen LogP contribution in [0.1, 0.15) is 24.5 Å². The highest BCUT2D eigenvalue weighted by Gasteiger charge is 2.31. The Morgan fingerprint density at radius 1 is 1.29 bits per heavy atom. The van der Waals surface area contributed by atoms with Crippen molar-refractivity contribution in [2.24, 2.45) is 0 Å². The maximum atomic E-state index is 13.3. The zero-order valence-electron chi connectivity index (χ0n) is 12.1. The highest BCUT2D eigenvalue weighted by Crippen LogP contribution is 2.30. The Hall–Kier alpha value is -1.40. The van der Waals surface area contributed by atoms with Crippen LogP contribution in [0.25, 0.3) is 6.08 Å². The average molecular weight is 305 g/mol. The van der Waals surface area contributed by atoms with Gasteiger partial charge in [0.05, 0.1) is 12.2 Å².